The van der Waals surface area contributed by atoms with Crippen LogP contribution in [0.25, 0.3) is 0 Å². The van der Waals surface area contributed by atoms with Gasteiger partial charge in [-0.25, -0.2) is 16.8 Å². The second-order valence-electron chi connectivity index (χ2n) is 8.15. The van der Waals surface area contributed by atoms with E-state index in [1.54, 1.807) is 55.5 Å². The number of nitrogens with one attached hydrogen (secondary N) is 1. The molecule has 1 atom stereocenters. The summed E-state index contributed by atoms with van der Waals surface area (Å²) in [5, 5.41) is 2.79. The van der Waals surface area contributed by atoms with Gasteiger partial charge in [0.15, 0.2) is 9.84 Å². The zero-order valence-electron chi connectivity index (χ0n) is 19.9. The molecule has 3 rings (SSSR count). The number of aryl methyl sites for hydroxylation is 1. The number of nitrogens with zero attached hydrogens (tertiary/aromatic N) is 1. The molecule has 3 aromatic carbocycles. The van der Waals surface area contributed by atoms with Crippen molar-refractivity contribution in [1.82, 2.24) is 5.32 Å². The van der Waals surface area contributed by atoms with Crippen molar-refractivity contribution in [2.24, 2.45) is 0 Å². The van der Waals surface area contributed by atoms with Gasteiger partial charge in [0.1, 0.15) is 12.3 Å². The first-order chi connectivity index (χ1) is 16.4. The van der Waals surface area contributed by atoms with Gasteiger partial charge in [-0.3, -0.25) is 9.10 Å². The summed E-state index contributed by atoms with van der Waals surface area (Å²) in [6.07, 6.45) is 1.12. The van der Waals surface area contributed by atoms with Crippen LogP contribution in [-0.2, 0) is 24.7 Å². The topological polar surface area (TPSA) is 110 Å². The number of carbonyl (C=O) groups is 1. The maximum Gasteiger partial charge on any atom is 0.264 e. The van der Waals surface area contributed by atoms with E-state index in [0.717, 1.165) is 16.1 Å². The second-order valence-corrected chi connectivity index (χ2v) is 12.0. The number of sulfone groups is 1. The first kappa shape index (κ1) is 26.2. The minimum Gasteiger partial charge on any atom is -0.497 e. The summed E-state index contributed by atoms with van der Waals surface area (Å²) in [7, 11) is -5.90. The molecule has 0 bridgehead atoms. The van der Waals surface area contributed by atoms with Crippen molar-refractivity contribution in [2.45, 2.75) is 29.7 Å². The van der Waals surface area contributed by atoms with E-state index in [0.29, 0.717) is 17.0 Å². The molecular weight excluding hydrogens is 488 g/mol. The highest BCUT2D eigenvalue weighted by molar-refractivity contribution is 7.93. The fourth-order valence-corrected chi connectivity index (χ4v) is 5.46. The summed E-state index contributed by atoms with van der Waals surface area (Å²) >= 11 is 0. The maximum absolute atomic E-state index is 13.5. The number of rotatable bonds is 9. The highest BCUT2D eigenvalue weighted by Gasteiger charge is 2.28. The van der Waals surface area contributed by atoms with Crippen molar-refractivity contribution >= 4 is 31.5 Å². The zero-order chi connectivity index (χ0) is 25.8. The summed E-state index contributed by atoms with van der Waals surface area (Å²) in [6, 6.07) is 18.5. The monoisotopic (exact) mass is 516 g/mol. The molecule has 186 valence electrons. The van der Waals surface area contributed by atoms with Crippen LogP contribution < -0.4 is 14.4 Å². The summed E-state index contributed by atoms with van der Waals surface area (Å²) in [4.78, 5) is 13.1. The number of benzene rings is 3. The van der Waals surface area contributed by atoms with Crippen molar-refractivity contribution in [1.29, 1.82) is 0 Å². The molecular formula is C25H28N2O6S2. The molecule has 1 N–H and O–H groups in total. The number of ether oxygens (including phenoxy) is 1. The van der Waals surface area contributed by atoms with E-state index in [-0.39, 0.29) is 9.79 Å². The minimum atomic E-state index is -4.06. The van der Waals surface area contributed by atoms with Gasteiger partial charge in [0, 0.05) is 6.26 Å². The second kappa shape index (κ2) is 10.5. The molecule has 0 heterocycles. The molecule has 0 aliphatic rings. The van der Waals surface area contributed by atoms with E-state index in [4.69, 9.17) is 4.74 Å². The number of amides is 1. The quantitative estimate of drug-likeness (QED) is 0.466. The normalized spacial score (nSPS) is 12.6. The SMILES string of the molecule is COc1ccc(S(=O)(=O)N(CC(=O)N[C@H](C)c2ccc(S(C)(=O)=O)cc2)c2ccc(C)cc2)cc1. The van der Waals surface area contributed by atoms with Crippen molar-refractivity contribution in [2.75, 3.05) is 24.2 Å². The van der Waals surface area contributed by atoms with Crippen molar-refractivity contribution < 1.29 is 26.4 Å². The van der Waals surface area contributed by atoms with Gasteiger partial charge < -0.3 is 10.1 Å². The van der Waals surface area contributed by atoms with Crippen LogP contribution in [0.5, 0.6) is 5.75 Å². The lowest BCUT2D eigenvalue weighted by Gasteiger charge is -2.25. The van der Waals surface area contributed by atoms with Crippen molar-refractivity contribution in [3.63, 3.8) is 0 Å². The van der Waals surface area contributed by atoms with E-state index in [1.165, 1.54) is 31.4 Å². The van der Waals surface area contributed by atoms with Crippen molar-refractivity contribution in [3.05, 3.63) is 83.9 Å². The smallest absolute Gasteiger partial charge is 0.264 e. The summed E-state index contributed by atoms with van der Waals surface area (Å²) < 4.78 is 56.5. The van der Waals surface area contributed by atoms with Crippen LogP contribution in [0.3, 0.4) is 0 Å². The maximum atomic E-state index is 13.5. The number of carbonyl (C=O) groups excluding carboxylic acids is 1. The van der Waals surface area contributed by atoms with Gasteiger partial charge in [-0.2, -0.15) is 0 Å². The third kappa shape index (κ3) is 6.40. The van der Waals surface area contributed by atoms with E-state index in [2.05, 4.69) is 5.32 Å². The molecule has 8 nitrogen and oxygen atoms in total. The van der Waals surface area contributed by atoms with Crippen molar-refractivity contribution in [3.8, 4) is 5.75 Å². The molecule has 10 heteroatoms. The summed E-state index contributed by atoms with van der Waals surface area (Å²) in [5.74, 6) is 0.00152. The number of hydrogen-bond donors (Lipinski definition) is 1. The molecule has 3 aromatic rings. The lowest BCUT2D eigenvalue weighted by Crippen LogP contribution is -2.41. The summed E-state index contributed by atoms with van der Waals surface area (Å²) in [6.45, 7) is 3.18. The van der Waals surface area contributed by atoms with Gasteiger partial charge in [0.25, 0.3) is 10.0 Å². The zero-order valence-corrected chi connectivity index (χ0v) is 21.6. The molecule has 0 spiro atoms. The Hall–Kier alpha value is -3.37. The Morgan fingerprint density at radius 1 is 0.886 bits per heavy atom. The van der Waals surface area contributed by atoms with Crippen LogP contribution in [-0.4, -0.2) is 42.7 Å². The molecule has 0 fully saturated rings. The predicted octanol–water partition coefficient (Wildman–Crippen LogP) is 3.48. The Kier molecular flexibility index (Phi) is 7.86. The van der Waals surface area contributed by atoms with Crippen LogP contribution in [0.4, 0.5) is 5.69 Å². The third-order valence-corrected chi connectivity index (χ3v) is 8.36. The average molecular weight is 517 g/mol. The summed E-state index contributed by atoms with van der Waals surface area (Å²) in [5.41, 5.74) is 1.99. The van der Waals surface area contributed by atoms with Crippen LogP contribution in [0.2, 0.25) is 0 Å². The Bertz CT molecular complexity index is 1380. The van der Waals surface area contributed by atoms with Crippen LogP contribution in [0, 0.1) is 6.92 Å². The Labute approximate surface area is 206 Å². The van der Waals surface area contributed by atoms with E-state index >= 15 is 0 Å². The van der Waals surface area contributed by atoms with Gasteiger partial charge >= 0.3 is 0 Å². The molecule has 0 aliphatic heterocycles. The van der Waals surface area contributed by atoms with Gasteiger partial charge in [-0.1, -0.05) is 29.8 Å². The molecule has 0 saturated carbocycles. The standard InChI is InChI=1S/C25H28N2O6S2/c1-18-5-9-21(10-6-18)27(35(31,32)24-15-11-22(33-3)12-16-24)17-25(28)26-19(2)20-7-13-23(14-8-20)34(4,29)30/h5-16,19H,17H2,1-4H3,(H,26,28)/t19-/m1/s1. The highest BCUT2D eigenvalue weighted by atomic mass is 32.2. The lowest BCUT2D eigenvalue weighted by molar-refractivity contribution is -0.120. The van der Waals surface area contributed by atoms with E-state index in [1.807, 2.05) is 6.92 Å². The molecule has 0 unspecified atom stereocenters. The molecule has 0 aromatic heterocycles. The van der Waals surface area contributed by atoms with Gasteiger partial charge in [0.05, 0.1) is 28.6 Å². The van der Waals surface area contributed by atoms with Gasteiger partial charge in [-0.15, -0.1) is 0 Å². The van der Waals surface area contributed by atoms with Crippen LogP contribution >= 0.6 is 0 Å². The molecule has 0 aliphatic carbocycles. The van der Waals surface area contributed by atoms with E-state index < -0.39 is 38.4 Å². The molecule has 0 saturated heterocycles. The third-order valence-electron chi connectivity index (χ3n) is 5.44. The van der Waals surface area contributed by atoms with Crippen LogP contribution in [0.1, 0.15) is 24.1 Å². The number of sulfonamides is 1. The fraction of sp³-hybridized carbons (Fsp3) is 0.240. The predicted molar refractivity (Wildman–Crippen MR) is 135 cm³/mol. The van der Waals surface area contributed by atoms with Gasteiger partial charge in [-0.05, 0) is 67.9 Å². The molecule has 0 radical (unpaired) electrons. The fourth-order valence-electron chi connectivity index (χ4n) is 3.41. The first-order valence-corrected chi connectivity index (χ1v) is 14.1. The highest BCUT2D eigenvalue weighted by Crippen LogP contribution is 2.26. The van der Waals surface area contributed by atoms with E-state index in [9.17, 15) is 21.6 Å². The number of hydrogen-bond acceptors (Lipinski definition) is 6. The first-order valence-electron chi connectivity index (χ1n) is 10.7. The average Bonchev–Trinajstić information content (AvgIpc) is 2.82. The van der Waals surface area contributed by atoms with Gasteiger partial charge in [0.2, 0.25) is 5.91 Å². The number of anilines is 1. The molecule has 1 amide bonds. The largest absolute Gasteiger partial charge is 0.497 e. The van der Waals surface area contributed by atoms with Crippen LogP contribution in [0.15, 0.2) is 82.6 Å². The molecule has 35 heavy (non-hydrogen) atoms. The number of methoxy groups -OCH3 is 1. The minimum absolute atomic E-state index is 0.0242. The Balaban J connectivity index is 1.85. The Morgan fingerprint density at radius 3 is 1.94 bits per heavy atom. The lowest BCUT2D eigenvalue weighted by atomic mass is 10.1. The Morgan fingerprint density at radius 2 is 1.43 bits per heavy atom.